The summed E-state index contributed by atoms with van der Waals surface area (Å²) in [6.07, 6.45) is 1.23. The van der Waals surface area contributed by atoms with Crippen LogP contribution in [0, 0.1) is 5.41 Å². The highest BCUT2D eigenvalue weighted by Crippen LogP contribution is 2.49. The molecule has 0 aromatic heterocycles. The van der Waals surface area contributed by atoms with Gasteiger partial charge in [0, 0.05) is 18.0 Å². The highest BCUT2D eigenvalue weighted by Gasteiger charge is 2.47. The summed E-state index contributed by atoms with van der Waals surface area (Å²) in [6, 6.07) is 14.9. The second-order valence-corrected chi connectivity index (χ2v) is 10.0. The Kier molecular flexibility index (Phi) is 7.39. The average molecular weight is 466 g/mol. The lowest BCUT2D eigenvalue weighted by molar-refractivity contribution is -0.162. The molecule has 2 aromatic carbocycles. The molecular weight excluding hydrogens is 430 g/mol. The number of nitrogens with one attached hydrogen (secondary N) is 1. The Bertz CT molecular complexity index is 1100. The van der Waals surface area contributed by atoms with Crippen molar-refractivity contribution in [3.63, 3.8) is 0 Å². The molecule has 6 nitrogen and oxygen atoms in total. The lowest BCUT2D eigenvalue weighted by atomic mass is 9.69. The van der Waals surface area contributed by atoms with E-state index in [1.54, 1.807) is 18.2 Å². The van der Waals surface area contributed by atoms with Gasteiger partial charge in [-0.3, -0.25) is 5.32 Å². The Balaban J connectivity index is 2.13. The molecule has 0 fully saturated rings. The maximum absolute atomic E-state index is 13.6. The summed E-state index contributed by atoms with van der Waals surface area (Å²) >= 11 is 0. The van der Waals surface area contributed by atoms with Gasteiger partial charge in [-0.25, -0.2) is 9.59 Å². The zero-order valence-electron chi connectivity index (χ0n) is 20.6. The van der Waals surface area contributed by atoms with E-state index in [0.29, 0.717) is 12.1 Å². The van der Waals surface area contributed by atoms with Crippen LogP contribution in [0.1, 0.15) is 76.5 Å². The summed E-state index contributed by atoms with van der Waals surface area (Å²) in [6.45, 7) is 10.1. The molecule has 1 aliphatic heterocycles. The Morgan fingerprint density at radius 2 is 1.85 bits per heavy atom. The van der Waals surface area contributed by atoms with Crippen LogP contribution >= 0.6 is 0 Å². The van der Waals surface area contributed by atoms with Crippen LogP contribution in [-0.2, 0) is 21.6 Å². The molecule has 2 unspecified atom stereocenters. The van der Waals surface area contributed by atoms with Crippen LogP contribution in [0.2, 0.25) is 0 Å². The number of amides is 1. The molecule has 1 heterocycles. The average Bonchev–Trinajstić information content (AvgIpc) is 2.75. The van der Waals surface area contributed by atoms with E-state index in [1.165, 1.54) is 0 Å². The van der Waals surface area contributed by atoms with Crippen LogP contribution < -0.4 is 5.32 Å². The van der Waals surface area contributed by atoms with Crippen LogP contribution in [0.25, 0.3) is 0 Å². The summed E-state index contributed by atoms with van der Waals surface area (Å²) < 4.78 is 6.25. The van der Waals surface area contributed by atoms with E-state index in [1.807, 2.05) is 58.0 Å². The number of hydrogen-bond donors (Lipinski definition) is 3. The molecule has 1 aliphatic rings. The second-order valence-electron chi connectivity index (χ2n) is 10.0. The van der Waals surface area contributed by atoms with Crippen LogP contribution in [0.5, 0.6) is 0 Å². The summed E-state index contributed by atoms with van der Waals surface area (Å²) in [5.41, 5.74) is 2.05. The van der Waals surface area contributed by atoms with Crippen molar-refractivity contribution in [3.05, 3.63) is 76.6 Å². The molecule has 1 amide bonds. The van der Waals surface area contributed by atoms with Crippen molar-refractivity contribution in [2.24, 2.45) is 5.41 Å². The molecule has 0 saturated heterocycles. The fourth-order valence-electron chi connectivity index (χ4n) is 5.16. The van der Waals surface area contributed by atoms with E-state index >= 15 is 0 Å². The molecule has 0 saturated carbocycles. The van der Waals surface area contributed by atoms with E-state index < -0.39 is 29.0 Å². The van der Waals surface area contributed by atoms with Gasteiger partial charge in [-0.05, 0) is 47.1 Å². The van der Waals surface area contributed by atoms with E-state index in [4.69, 9.17) is 9.84 Å². The van der Waals surface area contributed by atoms with Crippen molar-refractivity contribution in [1.82, 2.24) is 0 Å². The van der Waals surface area contributed by atoms with Gasteiger partial charge in [0.25, 0.3) is 0 Å². The number of aliphatic hydroxyl groups excluding tert-OH is 1. The Morgan fingerprint density at radius 1 is 1.15 bits per heavy atom. The molecule has 0 aliphatic carbocycles. The topological polar surface area (TPSA) is 95.9 Å². The molecule has 3 rings (SSSR count). The number of hydrogen-bond acceptors (Lipinski definition) is 4. The quantitative estimate of drug-likeness (QED) is 0.386. The minimum Gasteiger partial charge on any atom is -0.512 e. The second kappa shape index (κ2) is 9.92. The van der Waals surface area contributed by atoms with Gasteiger partial charge in [0.15, 0.2) is 0 Å². The van der Waals surface area contributed by atoms with Crippen molar-refractivity contribution in [3.8, 4) is 0 Å². The van der Waals surface area contributed by atoms with Gasteiger partial charge in [-0.2, -0.15) is 0 Å². The third-order valence-corrected chi connectivity index (χ3v) is 6.44. The van der Waals surface area contributed by atoms with Crippen LogP contribution in [0.3, 0.4) is 0 Å². The first kappa shape index (κ1) is 25.3. The van der Waals surface area contributed by atoms with Crippen LogP contribution in [0.15, 0.2) is 59.9 Å². The monoisotopic (exact) mass is 465 g/mol. The third kappa shape index (κ3) is 5.11. The number of rotatable bonds is 7. The van der Waals surface area contributed by atoms with E-state index in [9.17, 15) is 14.7 Å². The van der Waals surface area contributed by atoms with Crippen molar-refractivity contribution in [2.45, 2.75) is 71.8 Å². The van der Waals surface area contributed by atoms with Crippen molar-refractivity contribution < 1.29 is 24.5 Å². The standard InChI is InChI=1S/C28H35NO5/c1-6-15-28(21-14-9-8-11-18(21)7-2)17-22(30)23(25(31)34-28)24(27(3,4)5)19-12-10-13-20(16-19)29-26(32)33/h8-14,16,24,29-30H,6-7,15,17H2,1-5H3,(H,32,33). The zero-order chi connectivity index (χ0) is 25.1. The van der Waals surface area contributed by atoms with Gasteiger partial charge in [0.1, 0.15) is 11.4 Å². The van der Waals surface area contributed by atoms with E-state index in [2.05, 4.69) is 12.2 Å². The summed E-state index contributed by atoms with van der Waals surface area (Å²) in [5, 5.41) is 22.9. The molecule has 0 spiro atoms. The number of esters is 1. The maximum Gasteiger partial charge on any atom is 0.409 e. The van der Waals surface area contributed by atoms with Gasteiger partial charge in [-0.1, -0.05) is 77.4 Å². The number of ether oxygens (including phenoxy) is 1. The Labute approximate surface area is 201 Å². The summed E-state index contributed by atoms with van der Waals surface area (Å²) in [7, 11) is 0. The highest BCUT2D eigenvalue weighted by molar-refractivity contribution is 5.92. The molecule has 0 bridgehead atoms. The predicted octanol–water partition coefficient (Wildman–Crippen LogP) is 6.92. The number of carboxylic acid groups (broad SMARTS) is 1. The van der Waals surface area contributed by atoms with Crippen LogP contribution in [-0.4, -0.2) is 22.3 Å². The maximum atomic E-state index is 13.6. The molecule has 0 radical (unpaired) electrons. The molecule has 182 valence electrons. The fraction of sp³-hybridized carbons (Fsp3) is 0.429. The molecule has 6 heteroatoms. The third-order valence-electron chi connectivity index (χ3n) is 6.44. The minimum absolute atomic E-state index is 0.0344. The highest BCUT2D eigenvalue weighted by atomic mass is 16.6. The summed E-state index contributed by atoms with van der Waals surface area (Å²) in [4.78, 5) is 24.8. The van der Waals surface area contributed by atoms with Gasteiger partial charge in [0.2, 0.25) is 0 Å². The SMILES string of the molecule is CCCC1(c2ccccc2CC)CC(O)=C(C(c2cccc(NC(=O)O)c2)C(C)(C)C)C(=O)O1. The molecule has 3 N–H and O–H groups in total. The van der Waals surface area contributed by atoms with Gasteiger partial charge in [-0.15, -0.1) is 0 Å². The Morgan fingerprint density at radius 3 is 2.44 bits per heavy atom. The normalized spacial score (nSPS) is 19.5. The van der Waals surface area contributed by atoms with E-state index in [-0.39, 0.29) is 17.8 Å². The number of aryl methyl sites for hydroxylation is 1. The lowest BCUT2D eigenvalue weighted by Gasteiger charge is -2.42. The number of aliphatic hydroxyl groups is 1. The van der Waals surface area contributed by atoms with Crippen molar-refractivity contribution in [2.75, 3.05) is 5.32 Å². The number of cyclic esters (lactones) is 1. The van der Waals surface area contributed by atoms with E-state index in [0.717, 1.165) is 29.5 Å². The predicted molar refractivity (Wildman–Crippen MR) is 133 cm³/mol. The number of anilines is 1. The van der Waals surface area contributed by atoms with Gasteiger partial charge >= 0.3 is 12.1 Å². The minimum atomic E-state index is -1.16. The van der Waals surface area contributed by atoms with Crippen LogP contribution in [0.4, 0.5) is 10.5 Å². The first-order chi connectivity index (χ1) is 16.0. The fourth-order valence-corrected chi connectivity index (χ4v) is 5.16. The smallest absolute Gasteiger partial charge is 0.409 e. The molecule has 2 atom stereocenters. The molecular formula is C28H35NO5. The molecule has 34 heavy (non-hydrogen) atoms. The Hall–Kier alpha value is -3.28. The lowest BCUT2D eigenvalue weighted by Crippen LogP contribution is -2.41. The zero-order valence-corrected chi connectivity index (χ0v) is 20.6. The van der Waals surface area contributed by atoms with Gasteiger partial charge < -0.3 is 14.9 Å². The molecule has 2 aromatic rings. The first-order valence-corrected chi connectivity index (χ1v) is 11.9. The number of benzene rings is 2. The summed E-state index contributed by atoms with van der Waals surface area (Å²) in [5.74, 6) is -0.983. The van der Waals surface area contributed by atoms with Crippen molar-refractivity contribution >= 4 is 17.7 Å². The van der Waals surface area contributed by atoms with Crippen molar-refractivity contribution in [1.29, 1.82) is 0 Å². The number of carbonyl (C=O) groups excluding carboxylic acids is 1. The first-order valence-electron chi connectivity index (χ1n) is 11.9. The number of carbonyl (C=O) groups is 2. The van der Waals surface area contributed by atoms with Gasteiger partial charge in [0.05, 0.1) is 5.57 Å². The largest absolute Gasteiger partial charge is 0.512 e.